The summed E-state index contributed by atoms with van der Waals surface area (Å²) in [5.74, 6) is -0.267. The number of likely N-dealkylation sites (N-methyl/N-ethyl adjacent to an activating group) is 1. The van der Waals surface area contributed by atoms with E-state index in [0.29, 0.717) is 6.54 Å². The zero-order chi connectivity index (χ0) is 16.1. The lowest BCUT2D eigenvalue weighted by Crippen LogP contribution is -3.12. The van der Waals surface area contributed by atoms with Crippen LogP contribution in [0.3, 0.4) is 0 Å². The first-order valence-electron chi connectivity index (χ1n) is 7.40. The van der Waals surface area contributed by atoms with Crippen LogP contribution in [0.5, 0.6) is 0 Å². The van der Waals surface area contributed by atoms with Crippen molar-refractivity contribution >= 4 is 11.6 Å². The molecule has 0 heterocycles. The van der Waals surface area contributed by atoms with Gasteiger partial charge in [0.15, 0.2) is 6.04 Å². The molecule has 3 nitrogen and oxygen atoms in total. The second-order valence-electron chi connectivity index (χ2n) is 5.73. The molecule has 2 rings (SSSR count). The van der Waals surface area contributed by atoms with Crippen LogP contribution < -0.4 is 10.2 Å². The molecule has 1 unspecified atom stereocenters. The molecule has 0 aliphatic heterocycles. The van der Waals surface area contributed by atoms with Gasteiger partial charge >= 0.3 is 0 Å². The van der Waals surface area contributed by atoms with Crippen molar-refractivity contribution in [2.45, 2.75) is 26.4 Å². The van der Waals surface area contributed by atoms with Crippen molar-refractivity contribution < 1.29 is 14.1 Å². The lowest BCUT2D eigenvalue weighted by Gasteiger charge is -2.21. The highest BCUT2D eigenvalue weighted by Gasteiger charge is 2.22. The Labute approximate surface area is 130 Å². The first kappa shape index (κ1) is 16.2. The third-order valence-corrected chi connectivity index (χ3v) is 3.81. The number of nitrogens with one attached hydrogen (secondary N) is 2. The SMILES string of the molecule is Cc1cccc(NC(=O)[C@@H](C)[NH+](C)Cc2ccc(F)cc2)c1. The van der Waals surface area contributed by atoms with Gasteiger partial charge in [-0.25, -0.2) is 4.39 Å². The molecule has 2 N–H and O–H groups in total. The number of carbonyl (C=O) groups excluding carboxylic acids is 1. The maximum absolute atomic E-state index is 12.9. The predicted molar refractivity (Wildman–Crippen MR) is 86.3 cm³/mol. The molecule has 0 spiro atoms. The number of quaternary nitrogens is 1. The third-order valence-electron chi connectivity index (χ3n) is 3.81. The summed E-state index contributed by atoms with van der Waals surface area (Å²) in [7, 11) is 1.96. The molecule has 0 bridgehead atoms. The average Bonchev–Trinajstić information content (AvgIpc) is 2.48. The lowest BCUT2D eigenvalue weighted by atomic mass is 10.1. The van der Waals surface area contributed by atoms with E-state index in [4.69, 9.17) is 0 Å². The predicted octanol–water partition coefficient (Wildman–Crippen LogP) is 2.18. The van der Waals surface area contributed by atoms with Crippen LogP contribution in [0.1, 0.15) is 18.1 Å². The van der Waals surface area contributed by atoms with Gasteiger partial charge in [0.05, 0.1) is 7.05 Å². The van der Waals surface area contributed by atoms with Gasteiger partial charge in [0.2, 0.25) is 0 Å². The van der Waals surface area contributed by atoms with Crippen LogP contribution in [0.2, 0.25) is 0 Å². The monoisotopic (exact) mass is 301 g/mol. The van der Waals surface area contributed by atoms with Gasteiger partial charge in [0.25, 0.3) is 5.91 Å². The Morgan fingerprint density at radius 2 is 1.91 bits per heavy atom. The van der Waals surface area contributed by atoms with Gasteiger partial charge in [-0.3, -0.25) is 4.79 Å². The van der Waals surface area contributed by atoms with Crippen LogP contribution in [0, 0.1) is 12.7 Å². The highest BCUT2D eigenvalue weighted by molar-refractivity contribution is 5.93. The van der Waals surface area contributed by atoms with E-state index < -0.39 is 0 Å². The Hall–Kier alpha value is -2.20. The van der Waals surface area contributed by atoms with E-state index in [1.54, 1.807) is 12.1 Å². The summed E-state index contributed by atoms with van der Waals surface area (Å²) in [4.78, 5) is 13.4. The van der Waals surface area contributed by atoms with E-state index in [1.807, 2.05) is 45.2 Å². The normalized spacial score (nSPS) is 13.5. The topological polar surface area (TPSA) is 33.5 Å². The minimum absolute atomic E-state index is 0.0230. The lowest BCUT2D eigenvalue weighted by molar-refractivity contribution is -0.907. The molecule has 0 fully saturated rings. The first-order valence-corrected chi connectivity index (χ1v) is 7.40. The molecule has 2 aromatic rings. The minimum Gasteiger partial charge on any atom is -0.324 e. The minimum atomic E-state index is -0.244. The van der Waals surface area contributed by atoms with Crippen LogP contribution in [0.15, 0.2) is 48.5 Å². The first-order chi connectivity index (χ1) is 10.5. The fraction of sp³-hybridized carbons (Fsp3) is 0.278. The quantitative estimate of drug-likeness (QED) is 0.872. The van der Waals surface area contributed by atoms with E-state index in [9.17, 15) is 9.18 Å². The standard InChI is InChI=1S/C18H21FN2O/c1-13-5-4-6-17(11-13)20-18(22)14(2)21(3)12-15-7-9-16(19)10-8-15/h4-11,14H,12H2,1-3H3,(H,20,22)/p+1/t14-/m1/s1. The van der Waals surface area contributed by atoms with Gasteiger partial charge in [-0.1, -0.05) is 24.3 Å². The van der Waals surface area contributed by atoms with Crippen LogP contribution in [0.4, 0.5) is 10.1 Å². The second-order valence-corrected chi connectivity index (χ2v) is 5.73. The van der Waals surface area contributed by atoms with Crippen molar-refractivity contribution in [3.05, 3.63) is 65.5 Å². The molecule has 4 heteroatoms. The number of rotatable bonds is 5. The van der Waals surface area contributed by atoms with E-state index >= 15 is 0 Å². The summed E-state index contributed by atoms with van der Waals surface area (Å²) in [6.07, 6.45) is 0. The van der Waals surface area contributed by atoms with Gasteiger partial charge in [0, 0.05) is 11.3 Å². The Morgan fingerprint density at radius 1 is 1.23 bits per heavy atom. The maximum Gasteiger partial charge on any atom is 0.282 e. The maximum atomic E-state index is 12.9. The second kappa shape index (κ2) is 7.18. The Kier molecular flexibility index (Phi) is 5.28. The van der Waals surface area contributed by atoms with E-state index in [-0.39, 0.29) is 17.8 Å². The Morgan fingerprint density at radius 3 is 2.55 bits per heavy atom. The smallest absolute Gasteiger partial charge is 0.282 e. The average molecular weight is 301 g/mol. The van der Waals surface area contributed by atoms with Gasteiger partial charge in [-0.2, -0.15) is 0 Å². The molecule has 0 aromatic heterocycles. The zero-order valence-corrected chi connectivity index (χ0v) is 13.2. The zero-order valence-electron chi connectivity index (χ0n) is 13.2. The summed E-state index contributed by atoms with van der Waals surface area (Å²) in [6, 6.07) is 13.9. The third kappa shape index (κ3) is 4.40. The molecule has 116 valence electrons. The molecular weight excluding hydrogens is 279 g/mol. The van der Waals surface area contributed by atoms with Crippen molar-refractivity contribution in [3.8, 4) is 0 Å². The van der Waals surface area contributed by atoms with Crippen molar-refractivity contribution in [1.82, 2.24) is 0 Å². The van der Waals surface area contributed by atoms with Crippen LogP contribution in [-0.4, -0.2) is 19.0 Å². The summed E-state index contributed by atoms with van der Waals surface area (Å²) < 4.78 is 12.9. The number of amides is 1. The highest BCUT2D eigenvalue weighted by Crippen LogP contribution is 2.09. The molecule has 0 saturated carbocycles. The number of halogens is 1. The molecule has 22 heavy (non-hydrogen) atoms. The number of hydrogen-bond acceptors (Lipinski definition) is 1. The van der Waals surface area contributed by atoms with Gasteiger partial charge < -0.3 is 10.2 Å². The number of carbonyl (C=O) groups is 1. The number of hydrogen-bond donors (Lipinski definition) is 2. The molecule has 2 aromatic carbocycles. The molecule has 0 radical (unpaired) electrons. The highest BCUT2D eigenvalue weighted by atomic mass is 19.1. The van der Waals surface area contributed by atoms with Crippen molar-refractivity contribution in [2.24, 2.45) is 0 Å². The van der Waals surface area contributed by atoms with Gasteiger partial charge in [-0.15, -0.1) is 0 Å². The van der Waals surface area contributed by atoms with Gasteiger partial charge in [0.1, 0.15) is 12.4 Å². The molecule has 0 aliphatic rings. The van der Waals surface area contributed by atoms with Crippen molar-refractivity contribution in [3.63, 3.8) is 0 Å². The van der Waals surface area contributed by atoms with Crippen molar-refractivity contribution in [1.29, 1.82) is 0 Å². The summed E-state index contributed by atoms with van der Waals surface area (Å²) in [6.45, 7) is 4.55. The summed E-state index contributed by atoms with van der Waals surface area (Å²) in [5, 5.41) is 2.94. The Bertz CT molecular complexity index is 640. The number of aryl methyl sites for hydroxylation is 1. The summed E-state index contributed by atoms with van der Waals surface area (Å²) in [5.41, 5.74) is 2.93. The fourth-order valence-electron chi connectivity index (χ4n) is 2.27. The Balaban J connectivity index is 1.95. The molecule has 0 aliphatic carbocycles. The molecule has 1 amide bonds. The molecular formula is C18H22FN2O+. The number of benzene rings is 2. The van der Waals surface area contributed by atoms with E-state index in [2.05, 4.69) is 5.32 Å². The van der Waals surface area contributed by atoms with E-state index in [0.717, 1.165) is 21.7 Å². The largest absolute Gasteiger partial charge is 0.324 e. The van der Waals surface area contributed by atoms with Crippen molar-refractivity contribution in [2.75, 3.05) is 12.4 Å². The molecule has 0 saturated heterocycles. The van der Waals surface area contributed by atoms with Gasteiger partial charge in [-0.05, 0) is 43.7 Å². The number of anilines is 1. The van der Waals surface area contributed by atoms with Crippen LogP contribution in [-0.2, 0) is 11.3 Å². The summed E-state index contributed by atoms with van der Waals surface area (Å²) >= 11 is 0. The fourth-order valence-corrected chi connectivity index (χ4v) is 2.27. The van der Waals surface area contributed by atoms with Crippen LogP contribution in [0.25, 0.3) is 0 Å². The van der Waals surface area contributed by atoms with E-state index in [1.165, 1.54) is 12.1 Å². The molecule has 2 atom stereocenters. The van der Waals surface area contributed by atoms with Crippen LogP contribution >= 0.6 is 0 Å².